The third-order valence-electron chi connectivity index (χ3n) is 4.09. The third-order valence-corrected chi connectivity index (χ3v) is 4.98. The van der Waals surface area contributed by atoms with Crippen molar-refractivity contribution < 1.29 is 8.78 Å². The van der Waals surface area contributed by atoms with E-state index in [-0.39, 0.29) is 6.54 Å². The summed E-state index contributed by atoms with van der Waals surface area (Å²) >= 11 is 1.16. The Morgan fingerprint density at radius 2 is 1.73 bits per heavy atom. The molecule has 0 N–H and O–H groups in total. The zero-order valence-electron chi connectivity index (χ0n) is 13.4. The van der Waals surface area contributed by atoms with Crippen molar-refractivity contribution in [2.24, 2.45) is 0 Å². The van der Waals surface area contributed by atoms with E-state index in [4.69, 9.17) is 0 Å². The molecule has 0 unspecified atom stereocenters. The van der Waals surface area contributed by atoms with E-state index in [1.807, 2.05) is 30.3 Å². The number of rotatable bonds is 3. The lowest BCUT2D eigenvalue weighted by molar-refractivity contribution is 0.584. The Balaban J connectivity index is 2.04. The molecular formula is C19H12F2N2O2S. The molecular weight excluding hydrogens is 358 g/mol. The van der Waals surface area contributed by atoms with Crippen molar-refractivity contribution in [1.82, 2.24) is 9.13 Å². The van der Waals surface area contributed by atoms with E-state index in [1.54, 1.807) is 11.4 Å². The highest BCUT2D eigenvalue weighted by Crippen LogP contribution is 2.19. The van der Waals surface area contributed by atoms with E-state index >= 15 is 0 Å². The second-order valence-electron chi connectivity index (χ2n) is 5.73. The summed E-state index contributed by atoms with van der Waals surface area (Å²) in [4.78, 5) is 25.8. The molecule has 7 heteroatoms. The average molecular weight is 370 g/mol. The van der Waals surface area contributed by atoms with Crippen LogP contribution in [0.15, 0.2) is 69.6 Å². The van der Waals surface area contributed by atoms with E-state index in [1.165, 1.54) is 4.57 Å². The number of benzene rings is 2. The molecule has 0 radical (unpaired) electrons. The summed E-state index contributed by atoms with van der Waals surface area (Å²) in [6.07, 6.45) is 0. The number of hydrogen-bond acceptors (Lipinski definition) is 3. The van der Waals surface area contributed by atoms with Gasteiger partial charge in [-0.15, -0.1) is 11.3 Å². The maximum Gasteiger partial charge on any atom is 0.336 e. The van der Waals surface area contributed by atoms with Crippen LogP contribution in [-0.4, -0.2) is 9.13 Å². The summed E-state index contributed by atoms with van der Waals surface area (Å²) < 4.78 is 30.2. The van der Waals surface area contributed by atoms with E-state index in [0.717, 1.165) is 35.1 Å². The molecule has 0 fully saturated rings. The van der Waals surface area contributed by atoms with E-state index in [9.17, 15) is 18.4 Å². The normalized spacial score (nSPS) is 11.2. The third kappa shape index (κ3) is 2.66. The topological polar surface area (TPSA) is 44.0 Å². The summed E-state index contributed by atoms with van der Waals surface area (Å²) in [7, 11) is 0. The zero-order chi connectivity index (χ0) is 18.3. The van der Waals surface area contributed by atoms with Gasteiger partial charge in [-0.1, -0.05) is 30.3 Å². The van der Waals surface area contributed by atoms with Crippen LogP contribution < -0.4 is 11.2 Å². The molecule has 0 spiro atoms. The van der Waals surface area contributed by atoms with Crippen molar-refractivity contribution in [2.45, 2.75) is 6.54 Å². The molecule has 0 saturated carbocycles. The fourth-order valence-corrected chi connectivity index (χ4v) is 3.70. The van der Waals surface area contributed by atoms with Crippen LogP contribution in [0.4, 0.5) is 8.78 Å². The first-order chi connectivity index (χ1) is 12.6. The van der Waals surface area contributed by atoms with Crippen LogP contribution in [0.3, 0.4) is 0 Å². The maximum atomic E-state index is 14.2. The predicted molar refractivity (Wildman–Crippen MR) is 97.1 cm³/mol. The molecule has 2 aromatic carbocycles. The fraction of sp³-hybridized carbons (Fsp3) is 0.0526. The molecule has 4 rings (SSSR count). The molecule has 4 aromatic rings. The minimum Gasteiger partial charge on any atom is -0.288 e. The minimum atomic E-state index is -0.840. The van der Waals surface area contributed by atoms with Crippen molar-refractivity contribution >= 4 is 21.6 Å². The van der Waals surface area contributed by atoms with Gasteiger partial charge in [0.25, 0.3) is 5.56 Å². The van der Waals surface area contributed by atoms with Crippen molar-refractivity contribution in [3.63, 3.8) is 0 Å². The smallest absolute Gasteiger partial charge is 0.288 e. The Bertz CT molecular complexity index is 1230. The molecule has 130 valence electrons. The number of nitrogens with zero attached hydrogens (tertiary/aromatic N) is 2. The monoisotopic (exact) mass is 370 g/mol. The Morgan fingerprint density at radius 3 is 2.50 bits per heavy atom. The van der Waals surface area contributed by atoms with Crippen LogP contribution in [0.25, 0.3) is 15.9 Å². The van der Waals surface area contributed by atoms with Gasteiger partial charge in [-0.05, 0) is 29.1 Å². The van der Waals surface area contributed by atoms with E-state index in [0.29, 0.717) is 14.8 Å². The summed E-state index contributed by atoms with van der Waals surface area (Å²) in [6, 6.07) is 13.6. The SMILES string of the molecule is O=c1c2sccc2n(Cc2ccccc2)c(=O)n1-c1cc(F)ccc1F. The second kappa shape index (κ2) is 6.34. The van der Waals surface area contributed by atoms with Gasteiger partial charge in [0.2, 0.25) is 0 Å². The largest absolute Gasteiger partial charge is 0.336 e. The first-order valence-electron chi connectivity index (χ1n) is 7.78. The number of thiophene rings is 1. The van der Waals surface area contributed by atoms with E-state index in [2.05, 4.69) is 0 Å². The van der Waals surface area contributed by atoms with Gasteiger partial charge in [0.15, 0.2) is 0 Å². The van der Waals surface area contributed by atoms with Gasteiger partial charge < -0.3 is 0 Å². The predicted octanol–water partition coefficient (Wildman–Crippen LogP) is 3.54. The highest BCUT2D eigenvalue weighted by atomic mass is 32.1. The molecule has 0 aliphatic rings. The molecule has 0 atom stereocenters. The standard InChI is InChI=1S/C19H12F2N2O2S/c20-13-6-7-14(21)16(10-13)23-18(24)17-15(8-9-26-17)22(19(23)25)11-12-4-2-1-3-5-12/h1-10H,11H2. The molecule has 26 heavy (non-hydrogen) atoms. The minimum absolute atomic E-state index is 0.212. The quantitative estimate of drug-likeness (QED) is 0.554. The van der Waals surface area contributed by atoms with Gasteiger partial charge in [0.05, 0.1) is 17.7 Å². The number of aromatic nitrogens is 2. The first kappa shape index (κ1) is 16.4. The highest BCUT2D eigenvalue weighted by Gasteiger charge is 2.18. The molecule has 0 bridgehead atoms. The van der Waals surface area contributed by atoms with Gasteiger partial charge >= 0.3 is 5.69 Å². The van der Waals surface area contributed by atoms with Crippen LogP contribution >= 0.6 is 11.3 Å². The van der Waals surface area contributed by atoms with Crippen molar-refractivity contribution in [1.29, 1.82) is 0 Å². The van der Waals surface area contributed by atoms with E-state index < -0.39 is 28.6 Å². The van der Waals surface area contributed by atoms with Crippen LogP contribution in [0.5, 0.6) is 0 Å². The molecule has 0 aliphatic heterocycles. The number of hydrogen-bond donors (Lipinski definition) is 0. The summed E-state index contributed by atoms with van der Waals surface area (Å²) in [5.74, 6) is -1.57. The molecule has 0 aliphatic carbocycles. The van der Waals surface area contributed by atoms with Gasteiger partial charge in [0, 0.05) is 6.07 Å². The summed E-state index contributed by atoms with van der Waals surface area (Å²) in [5.41, 5.74) is -0.436. The molecule has 0 amide bonds. The van der Waals surface area contributed by atoms with Crippen LogP contribution in [-0.2, 0) is 6.54 Å². The molecule has 4 nitrogen and oxygen atoms in total. The van der Waals surface area contributed by atoms with Gasteiger partial charge in [-0.3, -0.25) is 9.36 Å². The lowest BCUT2D eigenvalue weighted by Gasteiger charge is -2.13. The molecule has 2 aromatic heterocycles. The fourth-order valence-electron chi connectivity index (χ4n) is 2.88. The Kier molecular flexibility index (Phi) is 4.00. The van der Waals surface area contributed by atoms with Gasteiger partial charge in [-0.2, -0.15) is 0 Å². The van der Waals surface area contributed by atoms with Crippen LogP contribution in [0, 0.1) is 11.6 Å². The van der Waals surface area contributed by atoms with Crippen LogP contribution in [0.2, 0.25) is 0 Å². The molecule has 2 heterocycles. The van der Waals surface area contributed by atoms with Gasteiger partial charge in [0.1, 0.15) is 16.3 Å². The Morgan fingerprint density at radius 1 is 0.962 bits per heavy atom. The summed E-state index contributed by atoms with van der Waals surface area (Å²) in [6.45, 7) is 0.212. The first-order valence-corrected chi connectivity index (χ1v) is 8.66. The maximum absolute atomic E-state index is 14.2. The zero-order valence-corrected chi connectivity index (χ0v) is 14.2. The Hall–Kier alpha value is -3.06. The van der Waals surface area contributed by atoms with Crippen molar-refractivity contribution in [3.8, 4) is 5.69 Å². The number of halogens is 2. The second-order valence-corrected chi connectivity index (χ2v) is 6.64. The summed E-state index contributed by atoms with van der Waals surface area (Å²) in [5, 5.41) is 1.69. The van der Waals surface area contributed by atoms with Crippen molar-refractivity contribution in [2.75, 3.05) is 0 Å². The highest BCUT2D eigenvalue weighted by molar-refractivity contribution is 7.17. The lowest BCUT2D eigenvalue weighted by Crippen LogP contribution is -2.39. The Labute approximate surface area is 150 Å². The van der Waals surface area contributed by atoms with Crippen molar-refractivity contribution in [3.05, 3.63) is 98.0 Å². The average Bonchev–Trinajstić information content (AvgIpc) is 3.12. The lowest BCUT2D eigenvalue weighted by atomic mass is 10.2. The van der Waals surface area contributed by atoms with Crippen LogP contribution in [0.1, 0.15) is 5.56 Å². The van der Waals surface area contributed by atoms with Gasteiger partial charge in [-0.25, -0.2) is 18.1 Å². The number of fused-ring (bicyclic) bond motifs is 1. The molecule has 0 saturated heterocycles.